The van der Waals surface area contributed by atoms with Gasteiger partial charge in [0.05, 0.1) is 4.24 Å². The molecular formula is C16H12S3. The van der Waals surface area contributed by atoms with Gasteiger partial charge in [0, 0.05) is 14.7 Å². The highest BCUT2D eigenvalue weighted by atomic mass is 32.2. The highest BCUT2D eigenvalue weighted by Crippen LogP contribution is 2.52. The van der Waals surface area contributed by atoms with Crippen molar-refractivity contribution in [2.75, 3.05) is 0 Å². The average Bonchev–Trinajstić information content (AvgIpc) is 2.90. The van der Waals surface area contributed by atoms with Gasteiger partial charge in [-0.2, -0.15) is 0 Å². The monoisotopic (exact) mass is 300 g/mol. The zero-order valence-electron chi connectivity index (χ0n) is 10.4. The van der Waals surface area contributed by atoms with Gasteiger partial charge < -0.3 is 0 Å². The number of rotatable bonds is 2. The number of benzene rings is 2. The van der Waals surface area contributed by atoms with Gasteiger partial charge in [-0.1, -0.05) is 78.2 Å². The molecule has 19 heavy (non-hydrogen) atoms. The first-order valence-electron chi connectivity index (χ1n) is 6.01. The zero-order chi connectivity index (χ0) is 13.2. The lowest BCUT2D eigenvalue weighted by atomic mass is 10.1. The molecule has 1 aliphatic heterocycles. The van der Waals surface area contributed by atoms with Crippen LogP contribution in [0.25, 0.3) is 0 Å². The number of thiocarbonyl (C=S) groups is 1. The number of hydrogen-bond acceptors (Lipinski definition) is 3. The second kappa shape index (κ2) is 5.53. The molecule has 0 aliphatic carbocycles. The highest BCUT2D eigenvalue weighted by molar-refractivity contribution is 8.24. The Balaban J connectivity index is 1.92. The molecule has 0 bridgehead atoms. The predicted octanol–water partition coefficient (Wildman–Crippen LogP) is 5.53. The molecule has 0 spiro atoms. The molecule has 0 saturated heterocycles. The van der Waals surface area contributed by atoms with Gasteiger partial charge in [0.2, 0.25) is 0 Å². The van der Waals surface area contributed by atoms with E-state index in [9.17, 15) is 0 Å². The Morgan fingerprint density at radius 1 is 0.842 bits per heavy atom. The Bertz CT molecular complexity index is 630. The van der Waals surface area contributed by atoms with Gasteiger partial charge in [-0.3, -0.25) is 0 Å². The number of allylic oxidation sites excluding steroid dienone is 1. The summed E-state index contributed by atoms with van der Waals surface area (Å²) in [4.78, 5) is 3.61. The summed E-state index contributed by atoms with van der Waals surface area (Å²) in [5, 5.41) is 0. The van der Waals surface area contributed by atoms with Crippen LogP contribution in [-0.2, 0) is 0 Å². The van der Waals surface area contributed by atoms with Gasteiger partial charge >= 0.3 is 0 Å². The number of hydrogen-bond donors (Lipinski definition) is 0. The fraction of sp³-hybridized carbons (Fsp3) is 0.0625. The summed E-state index contributed by atoms with van der Waals surface area (Å²) in [6, 6.07) is 18.7. The van der Waals surface area contributed by atoms with Gasteiger partial charge in [0.15, 0.2) is 0 Å². The van der Waals surface area contributed by atoms with E-state index >= 15 is 0 Å². The molecule has 3 rings (SSSR count). The summed E-state index contributed by atoms with van der Waals surface area (Å²) < 4.78 is 1.30. The van der Waals surface area contributed by atoms with Crippen molar-refractivity contribution in [2.24, 2.45) is 0 Å². The molecule has 2 aromatic rings. The van der Waals surface area contributed by atoms with Crippen molar-refractivity contribution in [1.29, 1.82) is 0 Å². The lowest BCUT2D eigenvalue weighted by Crippen LogP contribution is -1.99. The van der Waals surface area contributed by atoms with Crippen LogP contribution in [0, 0.1) is 0 Å². The van der Waals surface area contributed by atoms with Crippen molar-refractivity contribution in [1.82, 2.24) is 0 Å². The summed E-state index contributed by atoms with van der Waals surface area (Å²) in [5.74, 6) is 0. The third-order valence-corrected chi connectivity index (χ3v) is 6.24. The first-order valence-corrected chi connectivity index (χ1v) is 8.05. The van der Waals surface area contributed by atoms with Crippen LogP contribution in [0.5, 0.6) is 0 Å². The maximum Gasteiger partial charge on any atom is 0.0543 e. The van der Waals surface area contributed by atoms with Crippen LogP contribution in [-0.4, -0.2) is 4.86 Å². The molecule has 0 aromatic heterocycles. The van der Waals surface area contributed by atoms with E-state index in [1.807, 2.05) is 41.7 Å². The molecule has 0 radical (unpaired) electrons. The summed E-state index contributed by atoms with van der Waals surface area (Å²) in [5.41, 5.74) is 2.33. The van der Waals surface area contributed by atoms with Crippen LogP contribution in [0.4, 0.5) is 0 Å². The number of fused-ring (bicyclic) bond motifs is 1. The van der Waals surface area contributed by atoms with Crippen molar-refractivity contribution < 1.29 is 0 Å². The molecule has 1 heterocycles. The molecule has 0 fully saturated rings. The van der Waals surface area contributed by atoms with Crippen LogP contribution >= 0.6 is 35.7 Å². The maximum atomic E-state index is 5.61. The van der Waals surface area contributed by atoms with E-state index in [0.717, 1.165) is 10.4 Å². The second-order valence-corrected chi connectivity index (χ2v) is 7.03. The van der Waals surface area contributed by atoms with E-state index < -0.39 is 0 Å². The van der Waals surface area contributed by atoms with Gasteiger partial charge in [0.25, 0.3) is 0 Å². The van der Waals surface area contributed by atoms with Crippen LogP contribution in [0.15, 0.2) is 74.2 Å². The molecular weight excluding hydrogens is 288 g/mol. The summed E-state index contributed by atoms with van der Waals surface area (Å²) in [7, 11) is 0. The lowest BCUT2D eigenvalue weighted by molar-refractivity contribution is 1.27. The fourth-order valence-electron chi connectivity index (χ4n) is 1.89. The Hall–Kier alpha value is -1.03. The van der Waals surface area contributed by atoms with Crippen molar-refractivity contribution in [3.05, 3.63) is 70.0 Å². The quantitative estimate of drug-likeness (QED) is 0.406. The maximum absolute atomic E-state index is 5.61. The largest absolute Gasteiger partial charge is 0.0812 e. The molecule has 0 N–H and O–H groups in total. The third kappa shape index (κ3) is 2.64. The first kappa shape index (κ1) is 13.0. The van der Waals surface area contributed by atoms with Crippen LogP contribution in [0.3, 0.4) is 0 Å². The molecule has 94 valence electrons. The van der Waals surface area contributed by atoms with Crippen molar-refractivity contribution >= 4 is 40.6 Å². The van der Waals surface area contributed by atoms with Gasteiger partial charge in [-0.15, -0.1) is 0 Å². The van der Waals surface area contributed by atoms with Gasteiger partial charge in [-0.05, 0) is 30.2 Å². The minimum Gasteiger partial charge on any atom is -0.0812 e. The normalized spacial score (nSPS) is 13.2. The smallest absolute Gasteiger partial charge is 0.0543 e. The predicted molar refractivity (Wildman–Crippen MR) is 89.0 cm³/mol. The Kier molecular flexibility index (Phi) is 3.78. The summed E-state index contributed by atoms with van der Waals surface area (Å²) >= 11 is 9.25. The van der Waals surface area contributed by atoms with E-state index in [1.54, 1.807) is 0 Å². The van der Waals surface area contributed by atoms with Crippen LogP contribution < -0.4 is 0 Å². The van der Waals surface area contributed by atoms with Crippen molar-refractivity contribution in [3.8, 4) is 0 Å². The molecule has 0 nitrogen and oxygen atoms in total. The summed E-state index contributed by atoms with van der Waals surface area (Å²) in [6.45, 7) is 2.12. The van der Waals surface area contributed by atoms with Crippen LogP contribution in [0.2, 0.25) is 0 Å². The molecule has 3 heteroatoms. The topological polar surface area (TPSA) is 0 Å². The Morgan fingerprint density at radius 3 is 1.95 bits per heavy atom. The lowest BCUT2D eigenvalue weighted by Gasteiger charge is -2.07. The summed E-state index contributed by atoms with van der Waals surface area (Å²) in [6.07, 6.45) is 0. The molecule has 0 atom stereocenters. The Labute approximate surface area is 127 Å². The number of thioether (sulfide) groups is 2. The molecule has 0 amide bonds. The second-order valence-electron chi connectivity index (χ2n) is 4.26. The van der Waals surface area contributed by atoms with Gasteiger partial charge in [-0.25, -0.2) is 0 Å². The molecule has 0 saturated carbocycles. The third-order valence-electron chi connectivity index (χ3n) is 2.94. The van der Waals surface area contributed by atoms with E-state index in [1.165, 1.54) is 19.6 Å². The molecule has 1 aliphatic rings. The van der Waals surface area contributed by atoms with Gasteiger partial charge in [0.1, 0.15) is 0 Å². The minimum atomic E-state index is 0.948. The van der Waals surface area contributed by atoms with E-state index in [2.05, 4.69) is 43.3 Å². The van der Waals surface area contributed by atoms with Crippen molar-refractivity contribution in [3.63, 3.8) is 0 Å². The van der Waals surface area contributed by atoms with Crippen LogP contribution in [0.1, 0.15) is 12.5 Å². The fourth-order valence-corrected chi connectivity index (χ4v) is 4.75. The zero-order valence-corrected chi connectivity index (χ0v) is 12.9. The minimum absolute atomic E-state index is 0.948. The Morgan fingerprint density at radius 2 is 1.37 bits per heavy atom. The van der Waals surface area contributed by atoms with Crippen molar-refractivity contribution in [2.45, 2.75) is 16.7 Å². The van der Waals surface area contributed by atoms with E-state index in [0.29, 0.717) is 0 Å². The molecule has 2 aromatic carbocycles. The average molecular weight is 300 g/mol. The van der Waals surface area contributed by atoms with E-state index in [-0.39, 0.29) is 0 Å². The molecule has 0 unspecified atom stereocenters. The SMILES string of the molecule is CC(C(=S)c1ccccc1)=C1Sc2ccccc2S1. The van der Waals surface area contributed by atoms with E-state index in [4.69, 9.17) is 12.2 Å². The first-order chi connectivity index (χ1) is 9.25. The standard InChI is InChI=1S/C16H12S3/c1-11(15(17)12-7-3-2-4-8-12)16-18-13-9-5-6-10-14(13)19-16/h2-10H,1H3. The highest BCUT2D eigenvalue weighted by Gasteiger charge is 2.20.